The van der Waals surface area contributed by atoms with E-state index in [1.165, 1.54) is 17.0 Å². The van der Waals surface area contributed by atoms with Crippen molar-refractivity contribution in [2.75, 3.05) is 11.5 Å². The van der Waals surface area contributed by atoms with Crippen LogP contribution in [-0.2, 0) is 0 Å². The lowest BCUT2D eigenvalue weighted by Gasteiger charge is -2.24. The van der Waals surface area contributed by atoms with Crippen molar-refractivity contribution in [2.45, 2.75) is 19.9 Å². The molecule has 0 radical (unpaired) electrons. The standard InChI is InChI=1S/C25H19FN2O4/c1-3-31-17-8-5-15(6-9-17)22-21-23(29)18-12-16(26)7-10-19(18)32-24(21)25(30)28(22)20-11-4-14(2)13-27-20/h4-13,22H,3H2,1-2H3. The fourth-order valence-electron chi connectivity index (χ4n) is 4.01. The molecule has 0 saturated heterocycles. The number of aryl methyl sites for hydroxylation is 1. The monoisotopic (exact) mass is 430 g/mol. The number of benzene rings is 2. The predicted octanol–water partition coefficient (Wildman–Crippen LogP) is 4.78. The molecule has 6 nitrogen and oxygen atoms in total. The highest BCUT2D eigenvalue weighted by Gasteiger charge is 2.44. The summed E-state index contributed by atoms with van der Waals surface area (Å²) >= 11 is 0. The van der Waals surface area contributed by atoms with Gasteiger partial charge in [0.15, 0.2) is 5.43 Å². The van der Waals surface area contributed by atoms with Crippen LogP contribution in [0.1, 0.15) is 40.2 Å². The average molecular weight is 430 g/mol. The fourth-order valence-corrected chi connectivity index (χ4v) is 4.01. The first-order chi connectivity index (χ1) is 15.5. The molecule has 0 fully saturated rings. The summed E-state index contributed by atoms with van der Waals surface area (Å²) in [4.78, 5) is 32.8. The second-order valence-corrected chi connectivity index (χ2v) is 7.59. The van der Waals surface area contributed by atoms with Crippen molar-refractivity contribution in [3.8, 4) is 5.75 Å². The summed E-state index contributed by atoms with van der Waals surface area (Å²) < 4.78 is 25.2. The topological polar surface area (TPSA) is 72.6 Å². The molecule has 7 heteroatoms. The van der Waals surface area contributed by atoms with Gasteiger partial charge >= 0.3 is 0 Å². The molecule has 2 aromatic carbocycles. The highest BCUT2D eigenvalue weighted by Crippen LogP contribution is 2.40. The number of hydrogen-bond acceptors (Lipinski definition) is 5. The minimum atomic E-state index is -0.771. The van der Waals surface area contributed by atoms with Crippen LogP contribution in [0.25, 0.3) is 11.0 Å². The molecule has 0 spiro atoms. The Hall–Kier alpha value is -4.00. The Morgan fingerprint density at radius 2 is 1.88 bits per heavy atom. The molecule has 3 heterocycles. The average Bonchev–Trinajstić information content (AvgIpc) is 3.08. The van der Waals surface area contributed by atoms with Gasteiger partial charge in [0.25, 0.3) is 5.91 Å². The normalized spacial score (nSPS) is 15.3. The number of anilines is 1. The molecular weight excluding hydrogens is 411 g/mol. The molecule has 4 aromatic rings. The Morgan fingerprint density at radius 1 is 1.09 bits per heavy atom. The van der Waals surface area contributed by atoms with Crippen LogP contribution in [-0.4, -0.2) is 17.5 Å². The number of pyridine rings is 1. The van der Waals surface area contributed by atoms with Crippen molar-refractivity contribution in [3.05, 3.63) is 99.3 Å². The van der Waals surface area contributed by atoms with Crippen LogP contribution in [0.4, 0.5) is 10.2 Å². The van der Waals surface area contributed by atoms with Crippen LogP contribution in [0.5, 0.6) is 5.75 Å². The number of amides is 1. The largest absolute Gasteiger partial charge is 0.494 e. The van der Waals surface area contributed by atoms with Gasteiger partial charge in [-0.15, -0.1) is 0 Å². The second-order valence-electron chi connectivity index (χ2n) is 7.59. The highest BCUT2D eigenvalue weighted by molar-refractivity contribution is 6.10. The molecular formula is C25H19FN2O4. The highest BCUT2D eigenvalue weighted by atomic mass is 19.1. The maximum Gasteiger partial charge on any atom is 0.296 e. The van der Waals surface area contributed by atoms with Gasteiger partial charge in [-0.2, -0.15) is 0 Å². The summed E-state index contributed by atoms with van der Waals surface area (Å²) in [6, 6.07) is 13.6. The summed E-state index contributed by atoms with van der Waals surface area (Å²) in [6.07, 6.45) is 1.65. The summed E-state index contributed by atoms with van der Waals surface area (Å²) in [7, 11) is 0. The molecule has 32 heavy (non-hydrogen) atoms. The van der Waals surface area contributed by atoms with E-state index in [1.54, 1.807) is 36.5 Å². The van der Waals surface area contributed by atoms with Gasteiger partial charge in [0.2, 0.25) is 5.76 Å². The van der Waals surface area contributed by atoms with E-state index >= 15 is 0 Å². The molecule has 1 unspecified atom stereocenters. The Morgan fingerprint density at radius 3 is 2.56 bits per heavy atom. The van der Waals surface area contributed by atoms with Gasteiger partial charge in [-0.3, -0.25) is 14.5 Å². The van der Waals surface area contributed by atoms with Crippen molar-refractivity contribution in [3.63, 3.8) is 0 Å². The van der Waals surface area contributed by atoms with E-state index in [4.69, 9.17) is 9.15 Å². The first-order valence-electron chi connectivity index (χ1n) is 10.2. The van der Waals surface area contributed by atoms with E-state index in [1.807, 2.05) is 19.9 Å². The number of rotatable bonds is 4. The van der Waals surface area contributed by atoms with Crippen molar-refractivity contribution in [1.82, 2.24) is 4.98 Å². The smallest absolute Gasteiger partial charge is 0.296 e. The molecule has 0 N–H and O–H groups in total. The quantitative estimate of drug-likeness (QED) is 0.466. The number of fused-ring (bicyclic) bond motifs is 2. The Kier molecular flexibility index (Phi) is 4.74. The van der Waals surface area contributed by atoms with Crippen molar-refractivity contribution in [1.29, 1.82) is 0 Å². The van der Waals surface area contributed by atoms with E-state index in [9.17, 15) is 14.0 Å². The van der Waals surface area contributed by atoms with E-state index in [0.29, 0.717) is 23.7 Å². The number of halogens is 1. The molecule has 0 bridgehead atoms. The minimum Gasteiger partial charge on any atom is -0.494 e. The summed E-state index contributed by atoms with van der Waals surface area (Å²) in [6.45, 7) is 4.30. The second kappa shape index (κ2) is 7.60. The third-order valence-electron chi connectivity index (χ3n) is 5.48. The van der Waals surface area contributed by atoms with Crippen LogP contribution >= 0.6 is 0 Å². The van der Waals surface area contributed by atoms with E-state index in [0.717, 1.165) is 11.6 Å². The zero-order valence-corrected chi connectivity index (χ0v) is 17.5. The number of carbonyl (C=O) groups is 1. The molecule has 2 aromatic heterocycles. The summed E-state index contributed by atoms with van der Waals surface area (Å²) in [5, 5.41) is 0.0891. The van der Waals surface area contributed by atoms with Crippen LogP contribution < -0.4 is 15.1 Å². The van der Waals surface area contributed by atoms with Crippen molar-refractivity contribution >= 4 is 22.7 Å². The minimum absolute atomic E-state index is 0.0598. The molecule has 0 aliphatic carbocycles. The molecule has 1 aliphatic heterocycles. The zero-order chi connectivity index (χ0) is 22.4. The van der Waals surface area contributed by atoms with Crippen LogP contribution in [0.3, 0.4) is 0 Å². The van der Waals surface area contributed by atoms with Crippen molar-refractivity contribution < 1.29 is 18.3 Å². The first kappa shape index (κ1) is 19.9. The van der Waals surface area contributed by atoms with Gasteiger partial charge in [0.05, 0.1) is 23.6 Å². The SMILES string of the molecule is CCOc1ccc(C2c3c(oc4ccc(F)cc4c3=O)C(=O)N2c2ccc(C)cn2)cc1. The van der Waals surface area contributed by atoms with E-state index in [2.05, 4.69) is 4.98 Å². The van der Waals surface area contributed by atoms with Crippen LogP contribution in [0, 0.1) is 12.7 Å². The number of hydrogen-bond donors (Lipinski definition) is 0. The predicted molar refractivity (Wildman–Crippen MR) is 118 cm³/mol. The molecule has 1 atom stereocenters. The number of nitrogens with zero attached hydrogens (tertiary/aromatic N) is 2. The zero-order valence-electron chi connectivity index (χ0n) is 17.5. The van der Waals surface area contributed by atoms with Crippen molar-refractivity contribution in [2.24, 2.45) is 0 Å². The van der Waals surface area contributed by atoms with Gasteiger partial charge < -0.3 is 9.15 Å². The molecule has 160 valence electrons. The van der Waals surface area contributed by atoms with E-state index < -0.39 is 23.2 Å². The van der Waals surface area contributed by atoms with E-state index in [-0.39, 0.29) is 22.3 Å². The Balaban J connectivity index is 1.76. The van der Waals surface area contributed by atoms with Gasteiger partial charge in [0, 0.05) is 6.20 Å². The third kappa shape index (κ3) is 3.13. The molecule has 1 aliphatic rings. The maximum absolute atomic E-state index is 13.9. The number of carbonyl (C=O) groups excluding carboxylic acids is 1. The Labute approximate surface area is 182 Å². The van der Waals surface area contributed by atoms with Crippen LogP contribution in [0.2, 0.25) is 0 Å². The van der Waals surface area contributed by atoms with Gasteiger partial charge in [-0.05, 0) is 61.4 Å². The van der Waals surface area contributed by atoms with Gasteiger partial charge in [0.1, 0.15) is 23.0 Å². The van der Waals surface area contributed by atoms with Gasteiger partial charge in [-0.1, -0.05) is 18.2 Å². The lowest BCUT2D eigenvalue weighted by Crippen LogP contribution is -2.30. The Bertz CT molecular complexity index is 1390. The fraction of sp³-hybridized carbons (Fsp3) is 0.160. The van der Waals surface area contributed by atoms with Crippen LogP contribution in [0.15, 0.2) is 70.0 Å². The number of ether oxygens (including phenoxy) is 1. The van der Waals surface area contributed by atoms with Gasteiger partial charge in [-0.25, -0.2) is 9.37 Å². The molecule has 5 rings (SSSR count). The number of aromatic nitrogens is 1. The first-order valence-corrected chi connectivity index (χ1v) is 10.2. The third-order valence-corrected chi connectivity index (χ3v) is 5.48. The lowest BCUT2D eigenvalue weighted by atomic mass is 9.98. The lowest BCUT2D eigenvalue weighted by molar-refractivity contribution is 0.0970. The maximum atomic E-state index is 13.9. The molecule has 0 saturated carbocycles. The summed E-state index contributed by atoms with van der Waals surface area (Å²) in [5.74, 6) is -0.0216. The molecule has 1 amide bonds. The summed E-state index contributed by atoms with van der Waals surface area (Å²) in [5.41, 5.74) is 1.51.